The molecule has 1 N–H and O–H groups in total. The second-order valence-electron chi connectivity index (χ2n) is 6.33. The van der Waals surface area contributed by atoms with Crippen molar-refractivity contribution in [3.8, 4) is 0 Å². The zero-order chi connectivity index (χ0) is 19.9. The molecule has 29 heavy (non-hydrogen) atoms. The lowest BCUT2D eigenvalue weighted by Gasteiger charge is -2.28. The maximum absolute atomic E-state index is 12.7. The lowest BCUT2D eigenvalue weighted by molar-refractivity contribution is 0.0950. The number of pyridine rings is 3. The molecule has 1 amide bonds. The second-order valence-corrected chi connectivity index (χ2v) is 6.33. The number of carbonyl (C=O) groups excluding carboxylic acids is 1. The zero-order valence-corrected chi connectivity index (χ0v) is 15.7. The number of nitrogens with one attached hydrogen (secondary N) is 1. The molecule has 3 aromatic heterocycles. The summed E-state index contributed by atoms with van der Waals surface area (Å²) in [5.41, 5.74) is 5.52. The van der Waals surface area contributed by atoms with Crippen LogP contribution < -0.4 is 10.3 Å². The predicted octanol–water partition coefficient (Wildman–Crippen LogP) is 1.89. The van der Waals surface area contributed by atoms with E-state index in [2.05, 4.69) is 30.4 Å². The van der Waals surface area contributed by atoms with Crippen LogP contribution in [0, 0.1) is 0 Å². The van der Waals surface area contributed by atoms with Crippen molar-refractivity contribution in [3.63, 3.8) is 0 Å². The van der Waals surface area contributed by atoms with Gasteiger partial charge in [-0.15, -0.1) is 0 Å². The second kappa shape index (κ2) is 9.03. The first-order valence-corrected chi connectivity index (χ1v) is 9.31. The first kappa shape index (κ1) is 18.7. The van der Waals surface area contributed by atoms with Gasteiger partial charge in [0.2, 0.25) is 0 Å². The lowest BCUT2D eigenvalue weighted by Crippen LogP contribution is -2.36. The average molecular weight is 388 g/mol. The van der Waals surface area contributed by atoms with Gasteiger partial charge in [0.05, 0.1) is 24.6 Å². The molecule has 146 valence electrons. The first-order chi connectivity index (χ1) is 14.3. The Hall–Kier alpha value is -3.65. The van der Waals surface area contributed by atoms with E-state index in [1.54, 1.807) is 24.7 Å². The summed E-state index contributed by atoms with van der Waals surface area (Å²) in [6.45, 7) is 2.91. The number of morpholine rings is 1. The minimum absolute atomic E-state index is 0.291. The fourth-order valence-corrected chi connectivity index (χ4v) is 2.98. The maximum atomic E-state index is 12.7. The van der Waals surface area contributed by atoms with Crippen LogP contribution in [-0.4, -0.2) is 52.9 Å². The maximum Gasteiger partial charge on any atom is 0.290 e. The van der Waals surface area contributed by atoms with Crippen molar-refractivity contribution in [2.75, 3.05) is 31.2 Å². The molecule has 0 unspecified atom stereocenters. The Kier molecular flexibility index (Phi) is 5.82. The standard InChI is InChI=1S/C21H20N6O2/c28-21(19-15-16(7-10-24-19)27-11-13-29-14-12-27)26-25-20(17-5-1-3-8-22-17)18-6-2-4-9-23-18/h1-10,15H,11-14H2,(H,26,28). The molecule has 3 aromatic rings. The fraction of sp³-hybridized carbons (Fsp3) is 0.190. The van der Waals surface area contributed by atoms with Crippen molar-refractivity contribution in [2.45, 2.75) is 0 Å². The Morgan fingerprint density at radius 1 is 0.897 bits per heavy atom. The Balaban J connectivity index is 1.57. The predicted molar refractivity (Wildman–Crippen MR) is 109 cm³/mol. The molecule has 1 aliphatic rings. The van der Waals surface area contributed by atoms with Crippen LogP contribution >= 0.6 is 0 Å². The fourth-order valence-electron chi connectivity index (χ4n) is 2.98. The molecule has 0 radical (unpaired) electrons. The van der Waals surface area contributed by atoms with Gasteiger partial charge in [-0.25, -0.2) is 5.43 Å². The largest absolute Gasteiger partial charge is 0.378 e. The summed E-state index contributed by atoms with van der Waals surface area (Å²) in [5, 5.41) is 4.30. The molecule has 4 rings (SSSR count). The van der Waals surface area contributed by atoms with Gasteiger partial charge in [-0.05, 0) is 36.4 Å². The van der Waals surface area contributed by atoms with Gasteiger partial charge >= 0.3 is 0 Å². The van der Waals surface area contributed by atoms with E-state index < -0.39 is 5.91 Å². The monoisotopic (exact) mass is 388 g/mol. The minimum atomic E-state index is -0.399. The molecule has 0 atom stereocenters. The van der Waals surface area contributed by atoms with E-state index in [0.29, 0.717) is 36.0 Å². The van der Waals surface area contributed by atoms with Gasteiger partial charge in [0.1, 0.15) is 11.4 Å². The molecule has 1 fully saturated rings. The number of hydrogen-bond acceptors (Lipinski definition) is 7. The number of hydrazone groups is 1. The number of rotatable bonds is 5. The van der Waals surface area contributed by atoms with Crippen molar-refractivity contribution in [3.05, 3.63) is 84.2 Å². The average Bonchev–Trinajstić information content (AvgIpc) is 2.81. The highest BCUT2D eigenvalue weighted by atomic mass is 16.5. The van der Waals surface area contributed by atoms with Crippen LogP contribution in [0.25, 0.3) is 0 Å². The molecule has 8 nitrogen and oxygen atoms in total. The molecular weight excluding hydrogens is 368 g/mol. The minimum Gasteiger partial charge on any atom is -0.378 e. The number of nitrogens with zero attached hydrogens (tertiary/aromatic N) is 5. The smallest absolute Gasteiger partial charge is 0.290 e. The van der Waals surface area contributed by atoms with Crippen molar-refractivity contribution in [1.82, 2.24) is 20.4 Å². The molecule has 0 aromatic carbocycles. The van der Waals surface area contributed by atoms with Gasteiger partial charge in [0, 0.05) is 37.4 Å². The van der Waals surface area contributed by atoms with Crippen LogP contribution in [0.3, 0.4) is 0 Å². The third-order valence-electron chi connectivity index (χ3n) is 4.44. The lowest BCUT2D eigenvalue weighted by atomic mass is 10.1. The third-order valence-corrected chi connectivity index (χ3v) is 4.44. The number of anilines is 1. The van der Waals surface area contributed by atoms with Crippen molar-refractivity contribution in [2.24, 2.45) is 5.10 Å². The normalized spacial score (nSPS) is 13.6. The van der Waals surface area contributed by atoms with Crippen LogP contribution in [0.5, 0.6) is 0 Å². The van der Waals surface area contributed by atoms with Gasteiger partial charge in [-0.2, -0.15) is 5.10 Å². The van der Waals surface area contributed by atoms with Gasteiger partial charge in [-0.1, -0.05) is 12.1 Å². The summed E-state index contributed by atoms with van der Waals surface area (Å²) in [7, 11) is 0. The van der Waals surface area contributed by atoms with E-state index in [1.165, 1.54) is 0 Å². The first-order valence-electron chi connectivity index (χ1n) is 9.31. The zero-order valence-electron chi connectivity index (χ0n) is 15.7. The Labute approximate surface area is 168 Å². The van der Waals surface area contributed by atoms with E-state index in [1.807, 2.05) is 42.5 Å². The summed E-state index contributed by atoms with van der Waals surface area (Å²) in [4.78, 5) is 27.7. The summed E-state index contributed by atoms with van der Waals surface area (Å²) in [6, 6.07) is 14.6. The highest BCUT2D eigenvalue weighted by Gasteiger charge is 2.15. The molecule has 0 bridgehead atoms. The molecular formula is C21H20N6O2. The number of hydrogen-bond donors (Lipinski definition) is 1. The summed E-state index contributed by atoms with van der Waals surface area (Å²) >= 11 is 0. The molecule has 1 aliphatic heterocycles. The third kappa shape index (κ3) is 4.61. The summed E-state index contributed by atoms with van der Waals surface area (Å²) < 4.78 is 5.38. The van der Waals surface area contributed by atoms with E-state index in [9.17, 15) is 4.79 Å². The molecule has 0 spiro atoms. The van der Waals surface area contributed by atoms with E-state index in [-0.39, 0.29) is 0 Å². The van der Waals surface area contributed by atoms with Crippen molar-refractivity contribution in [1.29, 1.82) is 0 Å². The summed E-state index contributed by atoms with van der Waals surface area (Å²) in [5.74, 6) is -0.399. The summed E-state index contributed by atoms with van der Waals surface area (Å²) in [6.07, 6.45) is 4.97. The van der Waals surface area contributed by atoms with Gasteiger partial charge in [0.15, 0.2) is 0 Å². The molecule has 1 saturated heterocycles. The van der Waals surface area contributed by atoms with Crippen LogP contribution in [0.15, 0.2) is 72.2 Å². The number of carbonyl (C=O) groups is 1. The molecule has 0 aliphatic carbocycles. The molecule has 4 heterocycles. The van der Waals surface area contributed by atoms with E-state index in [4.69, 9.17) is 4.74 Å². The van der Waals surface area contributed by atoms with Crippen LogP contribution in [0.1, 0.15) is 21.9 Å². The quantitative estimate of drug-likeness (QED) is 0.530. The highest BCUT2D eigenvalue weighted by Crippen LogP contribution is 2.16. The van der Waals surface area contributed by atoms with Crippen LogP contribution in [0.4, 0.5) is 5.69 Å². The molecule has 0 saturated carbocycles. The Bertz CT molecular complexity index is 947. The van der Waals surface area contributed by atoms with Gasteiger partial charge in [0.25, 0.3) is 5.91 Å². The number of aromatic nitrogens is 3. The Morgan fingerprint density at radius 3 is 2.17 bits per heavy atom. The van der Waals surface area contributed by atoms with Crippen molar-refractivity contribution >= 4 is 17.3 Å². The van der Waals surface area contributed by atoms with Crippen molar-refractivity contribution < 1.29 is 9.53 Å². The van der Waals surface area contributed by atoms with E-state index >= 15 is 0 Å². The molecule has 8 heteroatoms. The van der Waals surface area contributed by atoms with Crippen LogP contribution in [0.2, 0.25) is 0 Å². The Morgan fingerprint density at radius 2 is 1.55 bits per heavy atom. The van der Waals surface area contributed by atoms with E-state index in [0.717, 1.165) is 18.8 Å². The topological polar surface area (TPSA) is 92.6 Å². The number of amides is 1. The van der Waals surface area contributed by atoms with Gasteiger partial charge < -0.3 is 9.64 Å². The van der Waals surface area contributed by atoms with Gasteiger partial charge in [-0.3, -0.25) is 19.7 Å². The highest BCUT2D eigenvalue weighted by molar-refractivity contribution is 6.11. The SMILES string of the molecule is O=C(NN=C(c1ccccn1)c1ccccn1)c1cc(N2CCOCC2)ccn1. The number of ether oxygens (including phenoxy) is 1. The van der Waals surface area contributed by atoms with Crippen LogP contribution in [-0.2, 0) is 4.74 Å².